The largest absolute Gasteiger partial charge is 0.381 e. The maximum atomic E-state index is 12.8. The van der Waals surface area contributed by atoms with Gasteiger partial charge in [0.2, 0.25) is 11.8 Å². The number of piperidine rings is 1. The average Bonchev–Trinajstić information content (AvgIpc) is 3.50. The van der Waals surface area contributed by atoms with Crippen molar-refractivity contribution < 1.29 is 14.1 Å². The Morgan fingerprint density at radius 3 is 2.53 bits per heavy atom. The molecule has 0 N–H and O–H groups in total. The molecule has 0 atom stereocenters. The zero-order valence-corrected chi connectivity index (χ0v) is 19.0. The molecule has 32 heavy (non-hydrogen) atoms. The van der Waals surface area contributed by atoms with Crippen LogP contribution < -0.4 is 0 Å². The Morgan fingerprint density at radius 2 is 1.81 bits per heavy atom. The maximum absolute atomic E-state index is 12.8. The van der Waals surface area contributed by atoms with Crippen LogP contribution in [0.2, 0.25) is 0 Å². The van der Waals surface area contributed by atoms with Gasteiger partial charge in [-0.15, -0.1) is 0 Å². The summed E-state index contributed by atoms with van der Waals surface area (Å²) in [5.41, 5.74) is 1.27. The number of rotatable bonds is 8. The number of nitrogens with zero attached hydrogens (tertiary/aromatic N) is 3. The van der Waals surface area contributed by atoms with Gasteiger partial charge >= 0.3 is 0 Å². The summed E-state index contributed by atoms with van der Waals surface area (Å²) < 4.78 is 11.2. The second kappa shape index (κ2) is 9.74. The Labute approximate surface area is 190 Å². The molecule has 3 fully saturated rings. The Bertz CT molecular complexity index is 879. The highest BCUT2D eigenvalue weighted by Crippen LogP contribution is 2.47. The Morgan fingerprint density at radius 1 is 1.06 bits per heavy atom. The van der Waals surface area contributed by atoms with Gasteiger partial charge in [0.1, 0.15) is 0 Å². The van der Waals surface area contributed by atoms with Gasteiger partial charge in [0, 0.05) is 44.1 Å². The number of amides is 1. The molecule has 1 saturated carbocycles. The molecule has 5 rings (SSSR count). The predicted octanol–water partition coefficient (Wildman–Crippen LogP) is 4.65. The maximum Gasteiger partial charge on any atom is 0.229 e. The van der Waals surface area contributed by atoms with Crippen molar-refractivity contribution in [3.8, 4) is 0 Å². The number of aromatic nitrogens is 2. The van der Waals surface area contributed by atoms with Gasteiger partial charge in [0.15, 0.2) is 5.82 Å². The summed E-state index contributed by atoms with van der Waals surface area (Å²) >= 11 is 0. The van der Waals surface area contributed by atoms with Crippen molar-refractivity contribution in [2.45, 2.75) is 75.5 Å². The molecule has 0 unspecified atom stereocenters. The summed E-state index contributed by atoms with van der Waals surface area (Å²) in [4.78, 5) is 19.8. The highest BCUT2D eigenvalue weighted by atomic mass is 16.5. The Hall–Kier alpha value is -2.21. The van der Waals surface area contributed by atoms with Crippen LogP contribution in [0, 0.1) is 5.92 Å². The molecular weight excluding hydrogens is 402 g/mol. The van der Waals surface area contributed by atoms with Crippen molar-refractivity contribution in [3.05, 3.63) is 47.6 Å². The molecule has 172 valence electrons. The third kappa shape index (κ3) is 5.06. The van der Waals surface area contributed by atoms with E-state index in [1.807, 2.05) is 6.07 Å². The van der Waals surface area contributed by atoms with E-state index in [1.165, 1.54) is 18.4 Å². The van der Waals surface area contributed by atoms with E-state index in [9.17, 15) is 4.79 Å². The van der Waals surface area contributed by atoms with Crippen LogP contribution in [0.3, 0.4) is 0 Å². The molecule has 0 radical (unpaired) electrons. The summed E-state index contributed by atoms with van der Waals surface area (Å²) in [5.74, 6) is 3.08. The minimum absolute atomic E-state index is 0.0328. The summed E-state index contributed by atoms with van der Waals surface area (Å²) in [6.07, 6.45) is 10.1. The van der Waals surface area contributed by atoms with Gasteiger partial charge in [0.05, 0.1) is 0 Å². The number of carbonyl (C=O) groups excluding carboxylic acids is 1. The van der Waals surface area contributed by atoms with Crippen molar-refractivity contribution in [2.75, 3.05) is 26.3 Å². The lowest BCUT2D eigenvalue weighted by molar-refractivity contribution is -0.133. The number of benzene rings is 1. The van der Waals surface area contributed by atoms with E-state index in [0.29, 0.717) is 12.3 Å². The van der Waals surface area contributed by atoms with Gasteiger partial charge in [-0.25, -0.2) is 0 Å². The van der Waals surface area contributed by atoms with Gasteiger partial charge in [0.25, 0.3) is 0 Å². The fourth-order valence-electron chi connectivity index (χ4n) is 5.39. The quantitative estimate of drug-likeness (QED) is 0.601. The summed E-state index contributed by atoms with van der Waals surface area (Å²) in [5, 5.41) is 4.49. The molecular formula is C26H35N3O3. The van der Waals surface area contributed by atoms with Crippen LogP contribution in [0.5, 0.6) is 0 Å². The molecule has 6 nitrogen and oxygen atoms in total. The SMILES string of the molecule is O=C(CCCc1ccccc1)N1CCC(CC2CC2)(c2noc(C3CCOCC3)n2)CC1. The van der Waals surface area contributed by atoms with Gasteiger partial charge < -0.3 is 14.2 Å². The zero-order chi connectivity index (χ0) is 21.8. The lowest BCUT2D eigenvalue weighted by atomic mass is 9.73. The molecule has 2 aromatic rings. The van der Waals surface area contributed by atoms with Gasteiger partial charge in [-0.1, -0.05) is 48.3 Å². The molecule has 0 spiro atoms. The number of carbonyl (C=O) groups is 1. The van der Waals surface area contributed by atoms with E-state index in [0.717, 1.165) is 88.9 Å². The second-order valence-corrected chi connectivity index (χ2v) is 9.99. The molecule has 2 saturated heterocycles. The van der Waals surface area contributed by atoms with E-state index in [-0.39, 0.29) is 11.3 Å². The first-order valence-corrected chi connectivity index (χ1v) is 12.5. The smallest absolute Gasteiger partial charge is 0.229 e. The van der Waals surface area contributed by atoms with Gasteiger partial charge in [-0.3, -0.25) is 4.79 Å². The summed E-state index contributed by atoms with van der Waals surface area (Å²) in [6.45, 7) is 3.16. The number of aryl methyl sites for hydroxylation is 1. The third-order valence-corrected chi connectivity index (χ3v) is 7.64. The number of hydrogen-bond acceptors (Lipinski definition) is 5. The highest BCUT2D eigenvalue weighted by Gasteiger charge is 2.45. The van der Waals surface area contributed by atoms with E-state index < -0.39 is 0 Å². The van der Waals surface area contributed by atoms with Crippen LogP contribution >= 0.6 is 0 Å². The lowest BCUT2D eigenvalue weighted by Crippen LogP contribution is -2.46. The molecule has 1 aromatic carbocycles. The van der Waals surface area contributed by atoms with Crippen LogP contribution in [0.1, 0.15) is 81.0 Å². The minimum Gasteiger partial charge on any atom is -0.381 e. The van der Waals surface area contributed by atoms with Crippen molar-refractivity contribution in [2.24, 2.45) is 5.92 Å². The number of likely N-dealkylation sites (tertiary alicyclic amines) is 1. The predicted molar refractivity (Wildman–Crippen MR) is 121 cm³/mol. The molecule has 2 aliphatic heterocycles. The normalized spacial score (nSPS) is 21.6. The number of hydrogen-bond donors (Lipinski definition) is 0. The van der Waals surface area contributed by atoms with Crippen LogP contribution in [-0.2, 0) is 21.4 Å². The van der Waals surface area contributed by atoms with Crippen molar-refractivity contribution in [3.63, 3.8) is 0 Å². The first kappa shape index (κ1) is 21.6. The first-order valence-electron chi connectivity index (χ1n) is 12.5. The highest BCUT2D eigenvalue weighted by molar-refractivity contribution is 5.76. The van der Waals surface area contributed by atoms with Gasteiger partial charge in [-0.05, 0) is 56.4 Å². The van der Waals surface area contributed by atoms with E-state index >= 15 is 0 Å². The lowest BCUT2D eigenvalue weighted by Gasteiger charge is -2.40. The van der Waals surface area contributed by atoms with Crippen molar-refractivity contribution in [1.29, 1.82) is 0 Å². The zero-order valence-electron chi connectivity index (χ0n) is 19.0. The minimum atomic E-state index is -0.0328. The van der Waals surface area contributed by atoms with E-state index in [2.05, 4.69) is 34.3 Å². The fraction of sp³-hybridized carbons (Fsp3) is 0.654. The molecule has 3 aliphatic rings. The molecule has 1 aromatic heterocycles. The standard InChI is InChI=1S/C26H35N3O3/c30-23(8-4-7-20-5-2-1-3-6-20)29-15-13-26(14-16-29,19-21-9-10-21)25-27-24(32-28-25)22-11-17-31-18-12-22/h1-3,5-6,21-22H,4,7-19H2. The fourth-order valence-corrected chi connectivity index (χ4v) is 5.39. The first-order chi connectivity index (χ1) is 15.7. The second-order valence-electron chi connectivity index (χ2n) is 9.99. The summed E-state index contributed by atoms with van der Waals surface area (Å²) in [6, 6.07) is 10.4. The number of ether oxygens (including phenoxy) is 1. The van der Waals surface area contributed by atoms with Crippen molar-refractivity contribution >= 4 is 5.91 Å². The van der Waals surface area contributed by atoms with Crippen molar-refractivity contribution in [1.82, 2.24) is 15.0 Å². The average molecular weight is 438 g/mol. The van der Waals surface area contributed by atoms with Crippen LogP contribution in [0.15, 0.2) is 34.9 Å². The van der Waals surface area contributed by atoms with E-state index in [1.54, 1.807) is 0 Å². The van der Waals surface area contributed by atoms with Crippen LogP contribution in [0.25, 0.3) is 0 Å². The monoisotopic (exact) mass is 437 g/mol. The Kier molecular flexibility index (Phi) is 6.58. The summed E-state index contributed by atoms with van der Waals surface area (Å²) in [7, 11) is 0. The van der Waals surface area contributed by atoms with E-state index in [4.69, 9.17) is 14.2 Å². The third-order valence-electron chi connectivity index (χ3n) is 7.64. The topological polar surface area (TPSA) is 68.5 Å². The Balaban J connectivity index is 1.19. The molecule has 3 heterocycles. The molecule has 1 amide bonds. The molecule has 0 bridgehead atoms. The van der Waals surface area contributed by atoms with Gasteiger partial charge in [-0.2, -0.15) is 4.98 Å². The van der Waals surface area contributed by atoms with Crippen LogP contribution in [-0.4, -0.2) is 47.3 Å². The molecule has 1 aliphatic carbocycles. The van der Waals surface area contributed by atoms with Crippen LogP contribution in [0.4, 0.5) is 0 Å². The molecule has 6 heteroatoms.